The molecule has 2 aromatic heterocycles. The summed E-state index contributed by atoms with van der Waals surface area (Å²) in [5.74, 6) is 1.04. The van der Waals surface area contributed by atoms with Crippen molar-refractivity contribution < 1.29 is 4.79 Å². The number of anilines is 1. The maximum absolute atomic E-state index is 12.3. The SMILES string of the molecule is CSc1nc(C)c(CCC(=O)NCc2ccc(N3CCCN(C)CC3)nc2)c(C)n1. The molecule has 0 aliphatic carbocycles. The van der Waals surface area contributed by atoms with Crippen molar-refractivity contribution in [2.45, 2.75) is 44.8 Å². The minimum absolute atomic E-state index is 0.0300. The fourth-order valence-electron chi connectivity index (χ4n) is 3.67. The lowest BCUT2D eigenvalue weighted by atomic mass is 10.1. The summed E-state index contributed by atoms with van der Waals surface area (Å²) >= 11 is 1.53. The second-order valence-corrected chi connectivity index (χ2v) is 8.58. The Morgan fingerprint density at radius 2 is 1.90 bits per heavy atom. The fraction of sp³-hybridized carbons (Fsp3) is 0.545. The van der Waals surface area contributed by atoms with Gasteiger partial charge < -0.3 is 15.1 Å². The second kappa shape index (κ2) is 10.7. The van der Waals surface area contributed by atoms with E-state index in [4.69, 9.17) is 0 Å². The van der Waals surface area contributed by atoms with Crippen LogP contribution in [0.5, 0.6) is 0 Å². The maximum Gasteiger partial charge on any atom is 0.220 e. The smallest absolute Gasteiger partial charge is 0.220 e. The van der Waals surface area contributed by atoms with Gasteiger partial charge in [-0.15, -0.1) is 0 Å². The molecule has 0 atom stereocenters. The number of carbonyl (C=O) groups excluding carboxylic acids is 1. The summed E-state index contributed by atoms with van der Waals surface area (Å²) in [6.45, 7) is 8.69. The number of hydrogen-bond acceptors (Lipinski definition) is 7. The Labute approximate surface area is 183 Å². The van der Waals surface area contributed by atoms with Crippen molar-refractivity contribution in [1.82, 2.24) is 25.2 Å². The van der Waals surface area contributed by atoms with E-state index in [-0.39, 0.29) is 5.91 Å². The summed E-state index contributed by atoms with van der Waals surface area (Å²) in [4.78, 5) is 30.6. The Hall–Kier alpha value is -2.19. The van der Waals surface area contributed by atoms with Gasteiger partial charge in [0.25, 0.3) is 0 Å². The number of pyridine rings is 1. The van der Waals surface area contributed by atoms with Gasteiger partial charge in [0.1, 0.15) is 5.82 Å². The highest BCUT2D eigenvalue weighted by Crippen LogP contribution is 2.17. The lowest BCUT2D eigenvalue weighted by Gasteiger charge is -2.21. The van der Waals surface area contributed by atoms with Crippen molar-refractivity contribution in [2.24, 2.45) is 0 Å². The van der Waals surface area contributed by atoms with Gasteiger partial charge in [-0.05, 0) is 63.7 Å². The Balaban J connectivity index is 1.48. The van der Waals surface area contributed by atoms with Crippen LogP contribution in [0.3, 0.4) is 0 Å². The number of nitrogens with one attached hydrogen (secondary N) is 1. The van der Waals surface area contributed by atoms with Gasteiger partial charge in [-0.3, -0.25) is 4.79 Å². The number of aromatic nitrogens is 3. The highest BCUT2D eigenvalue weighted by molar-refractivity contribution is 7.98. The molecule has 162 valence electrons. The average Bonchev–Trinajstić information content (AvgIpc) is 2.96. The molecular weight excluding hydrogens is 396 g/mol. The Morgan fingerprint density at radius 1 is 1.13 bits per heavy atom. The lowest BCUT2D eigenvalue weighted by molar-refractivity contribution is -0.121. The van der Waals surface area contributed by atoms with Crippen molar-refractivity contribution in [3.05, 3.63) is 40.8 Å². The minimum Gasteiger partial charge on any atom is -0.355 e. The van der Waals surface area contributed by atoms with E-state index in [1.807, 2.05) is 26.3 Å². The number of nitrogens with zero attached hydrogens (tertiary/aromatic N) is 5. The molecule has 0 aromatic carbocycles. The molecule has 1 N–H and O–H groups in total. The number of hydrogen-bond donors (Lipinski definition) is 1. The summed E-state index contributed by atoms with van der Waals surface area (Å²) in [6.07, 6.45) is 6.07. The zero-order valence-electron chi connectivity index (χ0n) is 18.4. The first-order valence-corrected chi connectivity index (χ1v) is 11.7. The quantitative estimate of drug-likeness (QED) is 0.537. The molecule has 7 nitrogen and oxygen atoms in total. The first-order chi connectivity index (χ1) is 14.5. The topological polar surface area (TPSA) is 74.2 Å². The lowest BCUT2D eigenvalue weighted by Crippen LogP contribution is -2.29. The van der Waals surface area contributed by atoms with E-state index in [1.165, 1.54) is 11.8 Å². The Bertz CT molecular complexity index is 834. The largest absolute Gasteiger partial charge is 0.355 e. The Morgan fingerprint density at radius 3 is 2.57 bits per heavy atom. The summed E-state index contributed by atoms with van der Waals surface area (Å²) in [5.41, 5.74) is 3.99. The van der Waals surface area contributed by atoms with Gasteiger partial charge in [0.05, 0.1) is 0 Å². The first kappa shape index (κ1) is 22.5. The number of thioether (sulfide) groups is 1. The standard InChI is InChI=1S/C22H32N6OS/c1-16-19(17(2)26-22(25-16)30-4)7-9-21(29)24-15-18-6-8-20(23-14-18)28-11-5-10-27(3)12-13-28/h6,8,14H,5,7,9-13,15H2,1-4H3,(H,24,29). The molecule has 8 heteroatoms. The third kappa shape index (κ3) is 6.15. The Kier molecular flexibility index (Phi) is 8.04. The van der Waals surface area contributed by atoms with E-state index >= 15 is 0 Å². The summed E-state index contributed by atoms with van der Waals surface area (Å²) in [5, 5.41) is 3.78. The molecule has 0 unspecified atom stereocenters. The zero-order valence-corrected chi connectivity index (χ0v) is 19.3. The van der Waals surface area contributed by atoms with E-state index in [9.17, 15) is 4.79 Å². The van der Waals surface area contributed by atoms with E-state index in [1.54, 1.807) is 0 Å². The monoisotopic (exact) mass is 428 g/mol. The number of rotatable bonds is 7. The number of likely N-dealkylation sites (N-methyl/N-ethyl adjacent to an activating group) is 1. The van der Waals surface area contributed by atoms with Crippen LogP contribution in [0.2, 0.25) is 0 Å². The van der Waals surface area contributed by atoms with Crippen LogP contribution >= 0.6 is 11.8 Å². The van der Waals surface area contributed by atoms with Gasteiger partial charge in [-0.2, -0.15) is 0 Å². The minimum atomic E-state index is 0.0300. The predicted octanol–water partition coefficient (Wildman–Crippen LogP) is 2.60. The molecule has 30 heavy (non-hydrogen) atoms. The molecule has 0 bridgehead atoms. The van der Waals surface area contributed by atoms with Gasteiger partial charge >= 0.3 is 0 Å². The summed E-state index contributed by atoms with van der Waals surface area (Å²) in [6, 6.07) is 4.12. The van der Waals surface area contributed by atoms with Gasteiger partial charge in [-0.25, -0.2) is 15.0 Å². The van der Waals surface area contributed by atoms with Crippen LogP contribution in [0.1, 0.15) is 35.4 Å². The van der Waals surface area contributed by atoms with E-state index < -0.39 is 0 Å². The highest BCUT2D eigenvalue weighted by atomic mass is 32.2. The molecule has 1 saturated heterocycles. The maximum atomic E-state index is 12.3. The molecule has 3 rings (SSSR count). The van der Waals surface area contributed by atoms with Crippen LogP contribution in [0.25, 0.3) is 0 Å². The summed E-state index contributed by atoms with van der Waals surface area (Å²) < 4.78 is 0. The second-order valence-electron chi connectivity index (χ2n) is 7.80. The van der Waals surface area contributed by atoms with Crippen LogP contribution in [0.4, 0.5) is 5.82 Å². The predicted molar refractivity (Wildman–Crippen MR) is 122 cm³/mol. The molecule has 1 amide bonds. The van der Waals surface area contributed by atoms with Crippen LogP contribution in [0.15, 0.2) is 23.5 Å². The molecular formula is C22H32N6OS. The fourth-order valence-corrected chi connectivity index (χ4v) is 4.13. The van der Waals surface area contributed by atoms with Crippen molar-refractivity contribution in [2.75, 3.05) is 44.4 Å². The summed E-state index contributed by atoms with van der Waals surface area (Å²) in [7, 11) is 2.16. The van der Waals surface area contributed by atoms with E-state index in [0.29, 0.717) is 19.4 Å². The van der Waals surface area contributed by atoms with E-state index in [2.05, 4.69) is 49.2 Å². The van der Waals surface area contributed by atoms with Crippen LogP contribution in [-0.2, 0) is 17.8 Å². The van der Waals surface area contributed by atoms with Crippen molar-refractivity contribution in [3.8, 4) is 0 Å². The van der Waals surface area contributed by atoms with Crippen molar-refractivity contribution in [3.63, 3.8) is 0 Å². The van der Waals surface area contributed by atoms with Crippen molar-refractivity contribution >= 4 is 23.5 Å². The molecule has 1 aliphatic rings. The number of aryl methyl sites for hydroxylation is 2. The molecule has 2 aromatic rings. The first-order valence-electron chi connectivity index (χ1n) is 10.5. The molecule has 1 fully saturated rings. The van der Waals surface area contributed by atoms with Crippen LogP contribution in [0, 0.1) is 13.8 Å². The molecule has 0 spiro atoms. The molecule has 0 radical (unpaired) electrons. The zero-order chi connectivity index (χ0) is 21.5. The molecule has 0 saturated carbocycles. The highest BCUT2D eigenvalue weighted by Gasteiger charge is 2.14. The third-order valence-corrected chi connectivity index (χ3v) is 6.07. The third-order valence-electron chi connectivity index (χ3n) is 5.53. The van der Waals surface area contributed by atoms with Crippen LogP contribution in [-0.4, -0.2) is 65.2 Å². The molecule has 3 heterocycles. The van der Waals surface area contributed by atoms with Gasteiger partial charge in [-0.1, -0.05) is 17.8 Å². The van der Waals surface area contributed by atoms with Crippen molar-refractivity contribution in [1.29, 1.82) is 0 Å². The number of carbonyl (C=O) groups is 1. The van der Waals surface area contributed by atoms with Gasteiger partial charge in [0, 0.05) is 50.2 Å². The van der Waals surface area contributed by atoms with E-state index in [0.717, 1.165) is 66.1 Å². The number of amides is 1. The van der Waals surface area contributed by atoms with Crippen LogP contribution < -0.4 is 10.2 Å². The van der Waals surface area contributed by atoms with Gasteiger partial charge in [0.15, 0.2) is 5.16 Å². The molecule has 1 aliphatic heterocycles. The normalized spacial score (nSPS) is 15.1. The van der Waals surface area contributed by atoms with Gasteiger partial charge in [0.2, 0.25) is 5.91 Å². The average molecular weight is 429 g/mol.